The number of aliphatic imine (C=N–C) groups is 1. The zero-order chi connectivity index (χ0) is 20.6. The van der Waals surface area contributed by atoms with Crippen LogP contribution in [0.5, 0.6) is 5.75 Å². The van der Waals surface area contributed by atoms with Crippen molar-refractivity contribution in [1.82, 2.24) is 10.6 Å². The van der Waals surface area contributed by atoms with E-state index >= 15 is 0 Å². The van der Waals surface area contributed by atoms with Crippen molar-refractivity contribution in [2.75, 3.05) is 26.4 Å². The third-order valence-corrected chi connectivity index (χ3v) is 5.06. The van der Waals surface area contributed by atoms with Crippen molar-refractivity contribution in [3.05, 3.63) is 52.5 Å². The Kier molecular flexibility index (Phi) is 7.58. The number of benzene rings is 1. The Bertz CT molecular complexity index is 823. The summed E-state index contributed by atoms with van der Waals surface area (Å²) in [4.78, 5) is 4.71. The summed E-state index contributed by atoms with van der Waals surface area (Å²) in [6, 6.07) is 8.38. The molecule has 29 heavy (non-hydrogen) atoms. The molecule has 1 aromatic carbocycles. The summed E-state index contributed by atoms with van der Waals surface area (Å²) in [7, 11) is 0. The highest BCUT2D eigenvalue weighted by atomic mass is 16.5. The van der Waals surface area contributed by atoms with E-state index in [0.29, 0.717) is 25.6 Å². The van der Waals surface area contributed by atoms with E-state index in [1.54, 1.807) is 0 Å². The van der Waals surface area contributed by atoms with E-state index in [4.69, 9.17) is 18.9 Å². The maximum atomic E-state index is 6.15. The van der Waals surface area contributed by atoms with Gasteiger partial charge < -0.3 is 24.5 Å². The van der Waals surface area contributed by atoms with Gasteiger partial charge in [0.2, 0.25) is 0 Å². The zero-order valence-electron chi connectivity index (χ0n) is 18.0. The molecule has 0 saturated carbocycles. The molecular formula is C23H33N3O3. The highest BCUT2D eigenvalue weighted by molar-refractivity contribution is 5.79. The standard InChI is InChI=1S/C23H33N3O3/c1-5-24-23(26-13-21-11-17(3)29-18(21)4)25-12-20-7-6-16(2)10-22(20)28-15-19-8-9-27-14-19/h6-7,10-11,19H,5,8-9,12-15H2,1-4H3,(H2,24,25,26). The first-order chi connectivity index (χ1) is 14.0. The first-order valence-corrected chi connectivity index (χ1v) is 10.4. The van der Waals surface area contributed by atoms with Crippen LogP contribution in [0.15, 0.2) is 33.7 Å². The fourth-order valence-electron chi connectivity index (χ4n) is 3.39. The summed E-state index contributed by atoms with van der Waals surface area (Å²) >= 11 is 0. The van der Waals surface area contributed by atoms with Crippen LogP contribution in [0.3, 0.4) is 0 Å². The van der Waals surface area contributed by atoms with Crippen molar-refractivity contribution in [3.8, 4) is 5.75 Å². The summed E-state index contributed by atoms with van der Waals surface area (Å²) in [6.07, 6.45) is 1.07. The Balaban J connectivity index is 1.63. The van der Waals surface area contributed by atoms with E-state index in [2.05, 4.69) is 42.7 Å². The molecule has 1 saturated heterocycles. The topological polar surface area (TPSA) is 68.0 Å². The van der Waals surface area contributed by atoms with Gasteiger partial charge in [0.1, 0.15) is 17.3 Å². The molecule has 2 aromatic rings. The van der Waals surface area contributed by atoms with E-state index in [0.717, 1.165) is 60.5 Å². The normalized spacial score (nSPS) is 16.8. The van der Waals surface area contributed by atoms with Crippen molar-refractivity contribution >= 4 is 5.96 Å². The molecule has 1 atom stereocenters. The molecule has 2 heterocycles. The third-order valence-electron chi connectivity index (χ3n) is 5.06. The molecule has 2 N–H and O–H groups in total. The Morgan fingerprint density at radius 3 is 2.72 bits per heavy atom. The highest BCUT2D eigenvalue weighted by Gasteiger charge is 2.17. The lowest BCUT2D eigenvalue weighted by molar-refractivity contribution is 0.166. The molecule has 1 aliphatic heterocycles. The number of nitrogens with zero attached hydrogens (tertiary/aromatic N) is 1. The molecule has 0 radical (unpaired) electrons. The molecule has 1 aliphatic rings. The predicted octanol–water partition coefficient (Wildman–Crippen LogP) is 3.88. The largest absolute Gasteiger partial charge is 0.493 e. The molecular weight excluding hydrogens is 366 g/mol. The average Bonchev–Trinajstić information content (AvgIpc) is 3.32. The van der Waals surface area contributed by atoms with Crippen LogP contribution in [0.1, 0.15) is 41.6 Å². The van der Waals surface area contributed by atoms with Gasteiger partial charge in [0, 0.05) is 36.7 Å². The second-order valence-corrected chi connectivity index (χ2v) is 7.64. The molecule has 0 spiro atoms. The minimum absolute atomic E-state index is 0.483. The van der Waals surface area contributed by atoms with Gasteiger partial charge >= 0.3 is 0 Å². The SMILES string of the molecule is CCNC(=NCc1cc(C)oc1C)NCc1ccc(C)cc1OCC1CCOC1. The maximum absolute atomic E-state index is 6.15. The number of furan rings is 1. The van der Waals surface area contributed by atoms with Crippen molar-refractivity contribution in [3.63, 3.8) is 0 Å². The highest BCUT2D eigenvalue weighted by Crippen LogP contribution is 2.22. The van der Waals surface area contributed by atoms with Gasteiger partial charge in [-0.3, -0.25) is 0 Å². The zero-order valence-corrected chi connectivity index (χ0v) is 18.0. The number of guanidine groups is 1. The average molecular weight is 400 g/mol. The molecule has 3 rings (SSSR count). The number of rotatable bonds is 8. The third kappa shape index (κ3) is 6.26. The van der Waals surface area contributed by atoms with E-state index < -0.39 is 0 Å². The molecule has 1 aromatic heterocycles. The van der Waals surface area contributed by atoms with Gasteiger partial charge in [-0.1, -0.05) is 12.1 Å². The molecule has 1 unspecified atom stereocenters. The van der Waals surface area contributed by atoms with Gasteiger partial charge in [-0.25, -0.2) is 4.99 Å². The van der Waals surface area contributed by atoms with Crippen molar-refractivity contribution in [2.24, 2.45) is 10.9 Å². The Morgan fingerprint density at radius 2 is 2.03 bits per heavy atom. The van der Waals surface area contributed by atoms with Gasteiger partial charge in [-0.15, -0.1) is 0 Å². The Morgan fingerprint density at radius 1 is 1.17 bits per heavy atom. The molecule has 0 bridgehead atoms. The van der Waals surface area contributed by atoms with Crippen LogP contribution in [-0.4, -0.2) is 32.3 Å². The lowest BCUT2D eigenvalue weighted by Gasteiger charge is -2.17. The number of aryl methyl sites for hydroxylation is 3. The van der Waals surface area contributed by atoms with Gasteiger partial charge in [-0.05, 0) is 51.8 Å². The first kappa shape index (κ1) is 21.2. The van der Waals surface area contributed by atoms with Crippen LogP contribution in [0, 0.1) is 26.7 Å². The Hall–Kier alpha value is -2.47. The quantitative estimate of drug-likeness (QED) is 0.521. The van der Waals surface area contributed by atoms with Gasteiger partial charge in [0.15, 0.2) is 5.96 Å². The van der Waals surface area contributed by atoms with Crippen LogP contribution in [-0.2, 0) is 17.8 Å². The number of hydrogen-bond acceptors (Lipinski definition) is 4. The van der Waals surface area contributed by atoms with Crippen molar-refractivity contribution < 1.29 is 13.9 Å². The van der Waals surface area contributed by atoms with E-state index in [9.17, 15) is 0 Å². The smallest absolute Gasteiger partial charge is 0.191 e. The summed E-state index contributed by atoms with van der Waals surface area (Å²) in [5.74, 6) is 4.03. The summed E-state index contributed by atoms with van der Waals surface area (Å²) in [6.45, 7) is 12.4. The summed E-state index contributed by atoms with van der Waals surface area (Å²) in [5.41, 5.74) is 3.42. The lowest BCUT2D eigenvalue weighted by Crippen LogP contribution is -2.36. The van der Waals surface area contributed by atoms with Gasteiger partial charge in [0.05, 0.1) is 19.8 Å². The Labute approximate surface area is 173 Å². The molecule has 158 valence electrons. The maximum Gasteiger partial charge on any atom is 0.191 e. The van der Waals surface area contributed by atoms with Crippen LogP contribution < -0.4 is 15.4 Å². The summed E-state index contributed by atoms with van der Waals surface area (Å²) < 4.78 is 17.2. The van der Waals surface area contributed by atoms with Crippen LogP contribution in [0.4, 0.5) is 0 Å². The number of ether oxygens (including phenoxy) is 2. The van der Waals surface area contributed by atoms with Gasteiger partial charge in [0.25, 0.3) is 0 Å². The second-order valence-electron chi connectivity index (χ2n) is 7.64. The van der Waals surface area contributed by atoms with Crippen molar-refractivity contribution in [1.29, 1.82) is 0 Å². The summed E-state index contributed by atoms with van der Waals surface area (Å²) in [5, 5.41) is 6.73. The second kappa shape index (κ2) is 10.3. The molecule has 0 aliphatic carbocycles. The van der Waals surface area contributed by atoms with Crippen LogP contribution in [0.25, 0.3) is 0 Å². The van der Waals surface area contributed by atoms with Gasteiger partial charge in [-0.2, -0.15) is 0 Å². The fraction of sp³-hybridized carbons (Fsp3) is 0.522. The van der Waals surface area contributed by atoms with E-state index in [1.165, 1.54) is 5.56 Å². The number of hydrogen-bond donors (Lipinski definition) is 2. The van der Waals surface area contributed by atoms with Crippen LogP contribution in [0.2, 0.25) is 0 Å². The van der Waals surface area contributed by atoms with E-state index in [-0.39, 0.29) is 0 Å². The number of nitrogens with one attached hydrogen (secondary N) is 2. The van der Waals surface area contributed by atoms with E-state index in [1.807, 2.05) is 19.9 Å². The minimum atomic E-state index is 0.483. The van der Waals surface area contributed by atoms with Crippen molar-refractivity contribution in [2.45, 2.75) is 47.2 Å². The minimum Gasteiger partial charge on any atom is -0.493 e. The fourth-order valence-corrected chi connectivity index (χ4v) is 3.39. The monoisotopic (exact) mass is 399 g/mol. The lowest BCUT2D eigenvalue weighted by atomic mass is 10.1. The predicted molar refractivity (Wildman–Crippen MR) is 115 cm³/mol. The molecule has 6 nitrogen and oxygen atoms in total. The van der Waals surface area contributed by atoms with Crippen LogP contribution >= 0.6 is 0 Å². The molecule has 0 amide bonds. The molecule has 6 heteroatoms. The molecule has 1 fully saturated rings. The first-order valence-electron chi connectivity index (χ1n) is 10.4.